The van der Waals surface area contributed by atoms with Crippen molar-refractivity contribution in [1.29, 1.82) is 0 Å². The van der Waals surface area contributed by atoms with Gasteiger partial charge in [-0.25, -0.2) is 14.5 Å². The molecule has 8 nitrogen and oxygen atoms in total. The zero-order valence-electron chi connectivity index (χ0n) is 18.3. The number of benzene rings is 1. The van der Waals surface area contributed by atoms with Gasteiger partial charge < -0.3 is 15.6 Å². The van der Waals surface area contributed by atoms with Gasteiger partial charge in [-0.1, -0.05) is 18.2 Å². The van der Waals surface area contributed by atoms with Crippen molar-refractivity contribution in [3.05, 3.63) is 83.7 Å². The Morgan fingerprint density at radius 2 is 2.00 bits per heavy atom. The minimum Gasteiger partial charge on any atom is -0.378 e. The van der Waals surface area contributed by atoms with E-state index in [0.29, 0.717) is 6.54 Å². The molecule has 8 heteroatoms. The molecular formula is C25H24N8. The summed E-state index contributed by atoms with van der Waals surface area (Å²) < 4.78 is 1.77. The second-order valence-corrected chi connectivity index (χ2v) is 8.28. The van der Waals surface area contributed by atoms with Crippen LogP contribution in [0, 0.1) is 6.92 Å². The Hall–Kier alpha value is -4.04. The molecule has 0 amide bonds. The first-order chi connectivity index (χ1) is 16.2. The molecule has 4 aromatic heterocycles. The fourth-order valence-electron chi connectivity index (χ4n) is 4.40. The van der Waals surface area contributed by atoms with E-state index in [4.69, 9.17) is 9.97 Å². The lowest BCUT2D eigenvalue weighted by atomic mass is 9.99. The summed E-state index contributed by atoms with van der Waals surface area (Å²) in [5.41, 5.74) is 9.22. The number of H-pyrrole nitrogens is 1. The number of nitrogens with zero attached hydrogens (tertiary/aromatic N) is 5. The first-order valence-corrected chi connectivity index (χ1v) is 11.1. The molecule has 0 bridgehead atoms. The van der Waals surface area contributed by atoms with Gasteiger partial charge in [-0.05, 0) is 61.3 Å². The van der Waals surface area contributed by atoms with Crippen LogP contribution in [0.15, 0.2) is 61.1 Å². The summed E-state index contributed by atoms with van der Waals surface area (Å²) in [7, 11) is 0. The molecule has 0 unspecified atom stereocenters. The Kier molecular flexibility index (Phi) is 4.84. The van der Waals surface area contributed by atoms with E-state index in [0.717, 1.165) is 65.0 Å². The van der Waals surface area contributed by atoms with Crippen LogP contribution < -0.4 is 10.6 Å². The quantitative estimate of drug-likeness (QED) is 0.388. The van der Waals surface area contributed by atoms with Crippen molar-refractivity contribution in [2.24, 2.45) is 0 Å². The average Bonchev–Trinajstić information content (AvgIpc) is 3.49. The molecule has 1 aliphatic heterocycles. The molecule has 0 atom stereocenters. The molecule has 0 fully saturated rings. The van der Waals surface area contributed by atoms with Gasteiger partial charge in [-0.3, -0.25) is 4.98 Å². The van der Waals surface area contributed by atoms with E-state index >= 15 is 0 Å². The first-order valence-electron chi connectivity index (χ1n) is 11.1. The van der Waals surface area contributed by atoms with Crippen LogP contribution in [0.25, 0.3) is 28.3 Å². The van der Waals surface area contributed by atoms with Crippen molar-refractivity contribution in [1.82, 2.24) is 34.9 Å². The number of aromatic nitrogens is 6. The van der Waals surface area contributed by atoms with Gasteiger partial charge in [0.05, 0.1) is 17.9 Å². The highest BCUT2D eigenvalue weighted by atomic mass is 15.3. The summed E-state index contributed by atoms with van der Waals surface area (Å²) in [5.74, 6) is 0.850. The molecule has 1 aromatic carbocycles. The predicted octanol–water partition coefficient (Wildman–Crippen LogP) is 3.75. The zero-order valence-corrected chi connectivity index (χ0v) is 18.3. The number of rotatable bonds is 5. The minimum atomic E-state index is 0.584. The van der Waals surface area contributed by atoms with Gasteiger partial charge in [0.25, 0.3) is 0 Å². The van der Waals surface area contributed by atoms with Crippen LogP contribution in [-0.4, -0.2) is 36.1 Å². The summed E-state index contributed by atoms with van der Waals surface area (Å²) in [6.07, 6.45) is 4.58. The number of fused-ring (bicyclic) bond motifs is 2. The Morgan fingerprint density at radius 1 is 1.06 bits per heavy atom. The van der Waals surface area contributed by atoms with Crippen molar-refractivity contribution in [2.75, 3.05) is 11.9 Å². The van der Waals surface area contributed by atoms with Crippen LogP contribution in [-0.2, 0) is 19.5 Å². The molecule has 3 N–H and O–H groups in total. The Balaban J connectivity index is 1.38. The number of anilines is 1. The topological polar surface area (TPSA) is 95.8 Å². The number of aromatic amines is 1. The second-order valence-electron chi connectivity index (χ2n) is 8.28. The van der Waals surface area contributed by atoms with Gasteiger partial charge in [0, 0.05) is 29.7 Å². The molecule has 6 rings (SSSR count). The molecule has 5 heterocycles. The lowest BCUT2D eigenvalue weighted by molar-refractivity contribution is 0.644. The summed E-state index contributed by atoms with van der Waals surface area (Å²) in [6.45, 7) is 4.49. The van der Waals surface area contributed by atoms with Crippen molar-refractivity contribution in [3.63, 3.8) is 0 Å². The molecule has 33 heavy (non-hydrogen) atoms. The van der Waals surface area contributed by atoms with Crippen LogP contribution in [0.1, 0.15) is 22.6 Å². The Labute approximate surface area is 191 Å². The summed E-state index contributed by atoms with van der Waals surface area (Å²) in [6, 6.07) is 16.5. The molecular weight excluding hydrogens is 412 g/mol. The van der Waals surface area contributed by atoms with E-state index < -0.39 is 0 Å². The third kappa shape index (κ3) is 3.74. The number of pyridine rings is 2. The minimum absolute atomic E-state index is 0.584. The van der Waals surface area contributed by atoms with E-state index in [1.165, 1.54) is 11.1 Å². The summed E-state index contributed by atoms with van der Waals surface area (Å²) in [4.78, 5) is 17.5. The van der Waals surface area contributed by atoms with E-state index in [9.17, 15) is 0 Å². The van der Waals surface area contributed by atoms with Crippen LogP contribution in [0.3, 0.4) is 0 Å². The van der Waals surface area contributed by atoms with Crippen molar-refractivity contribution in [2.45, 2.75) is 26.4 Å². The molecule has 0 saturated heterocycles. The van der Waals surface area contributed by atoms with Crippen LogP contribution in [0.2, 0.25) is 0 Å². The molecule has 0 saturated carbocycles. The lowest BCUT2D eigenvalue weighted by Crippen LogP contribution is -2.24. The number of hydrogen-bond donors (Lipinski definition) is 3. The zero-order chi connectivity index (χ0) is 22.2. The van der Waals surface area contributed by atoms with Crippen molar-refractivity contribution >= 4 is 11.3 Å². The van der Waals surface area contributed by atoms with E-state index in [1.807, 2.05) is 43.5 Å². The maximum Gasteiger partial charge on any atom is 0.155 e. The average molecular weight is 437 g/mol. The maximum atomic E-state index is 4.95. The van der Waals surface area contributed by atoms with E-state index in [-0.39, 0.29) is 0 Å². The summed E-state index contributed by atoms with van der Waals surface area (Å²) in [5, 5.41) is 11.3. The Bertz CT molecular complexity index is 1450. The van der Waals surface area contributed by atoms with Crippen LogP contribution in [0.4, 0.5) is 5.69 Å². The highest BCUT2D eigenvalue weighted by Gasteiger charge is 2.17. The van der Waals surface area contributed by atoms with Gasteiger partial charge in [-0.2, -0.15) is 5.10 Å². The molecule has 0 aliphatic carbocycles. The molecule has 5 aromatic rings. The van der Waals surface area contributed by atoms with Gasteiger partial charge in [0.2, 0.25) is 0 Å². The fourth-order valence-corrected chi connectivity index (χ4v) is 4.40. The normalized spacial score (nSPS) is 13.2. The van der Waals surface area contributed by atoms with Gasteiger partial charge in [0.15, 0.2) is 5.65 Å². The standard InChI is InChI=1S/C25H24N8/c1-16-4-2-7-21(30-16)25-24(18-8-9-23-28-15-29-33(23)14-18)31-22(32-25)13-27-20-6-3-5-17-10-11-26-12-19(17)20/h2-9,14-15,26-27H,10-13H2,1H3,(H,31,32). The molecule has 0 radical (unpaired) electrons. The predicted molar refractivity (Wildman–Crippen MR) is 128 cm³/mol. The third-order valence-corrected chi connectivity index (χ3v) is 6.04. The molecule has 1 aliphatic rings. The number of nitrogens with one attached hydrogen (secondary N) is 3. The largest absolute Gasteiger partial charge is 0.378 e. The monoisotopic (exact) mass is 436 g/mol. The fraction of sp³-hybridized carbons (Fsp3) is 0.200. The maximum absolute atomic E-state index is 4.95. The summed E-state index contributed by atoms with van der Waals surface area (Å²) >= 11 is 0. The third-order valence-electron chi connectivity index (χ3n) is 6.04. The number of aryl methyl sites for hydroxylation is 1. The van der Waals surface area contributed by atoms with Crippen LogP contribution >= 0.6 is 0 Å². The molecule has 164 valence electrons. The molecule has 0 spiro atoms. The van der Waals surface area contributed by atoms with Crippen molar-refractivity contribution < 1.29 is 0 Å². The van der Waals surface area contributed by atoms with E-state index in [2.05, 4.69) is 43.9 Å². The first kappa shape index (κ1) is 19.6. The van der Waals surface area contributed by atoms with Gasteiger partial charge >= 0.3 is 0 Å². The van der Waals surface area contributed by atoms with Crippen molar-refractivity contribution in [3.8, 4) is 22.6 Å². The smallest absolute Gasteiger partial charge is 0.155 e. The second kappa shape index (κ2) is 8.14. The number of hydrogen-bond acceptors (Lipinski definition) is 6. The van der Waals surface area contributed by atoms with E-state index in [1.54, 1.807) is 10.8 Å². The highest BCUT2D eigenvalue weighted by Crippen LogP contribution is 2.30. The highest BCUT2D eigenvalue weighted by molar-refractivity contribution is 5.77. The van der Waals surface area contributed by atoms with Gasteiger partial charge in [0.1, 0.15) is 17.8 Å². The Morgan fingerprint density at radius 3 is 2.94 bits per heavy atom. The lowest BCUT2D eigenvalue weighted by Gasteiger charge is -2.20. The van der Waals surface area contributed by atoms with Gasteiger partial charge in [-0.15, -0.1) is 0 Å². The SMILES string of the molecule is Cc1cccc(-c2nc(CNc3cccc4c3CNCC4)[nH]c2-c2ccc3ncnn3c2)n1. The number of imidazole rings is 1. The van der Waals surface area contributed by atoms with Crippen LogP contribution in [0.5, 0.6) is 0 Å².